The molecule has 0 unspecified atom stereocenters. The first kappa shape index (κ1) is 12.6. The quantitative estimate of drug-likeness (QED) is 0.781. The number of hydrogen-bond acceptors (Lipinski definition) is 2. The van der Waals surface area contributed by atoms with Crippen molar-refractivity contribution in [2.75, 3.05) is 6.54 Å². The molecule has 1 N–H and O–H groups in total. The molecular weight excluding hydrogens is 250 g/mol. The summed E-state index contributed by atoms with van der Waals surface area (Å²) in [6.07, 6.45) is 1.14. The summed E-state index contributed by atoms with van der Waals surface area (Å²) in [6.45, 7) is 4.04. The van der Waals surface area contributed by atoms with Crippen LogP contribution in [-0.4, -0.2) is 6.54 Å². The van der Waals surface area contributed by atoms with Crippen molar-refractivity contribution >= 4 is 22.9 Å². The Kier molecular flexibility index (Phi) is 4.60. The molecule has 0 saturated carbocycles. The fourth-order valence-corrected chi connectivity index (χ4v) is 2.66. The van der Waals surface area contributed by atoms with Gasteiger partial charge in [-0.3, -0.25) is 0 Å². The van der Waals surface area contributed by atoms with Gasteiger partial charge in [-0.25, -0.2) is 0 Å². The maximum atomic E-state index is 6.29. The summed E-state index contributed by atoms with van der Waals surface area (Å²) in [4.78, 5) is 1.26. The minimum absolute atomic E-state index is 0.845. The molecule has 1 heterocycles. The maximum Gasteiger partial charge on any atom is 0.0457 e. The van der Waals surface area contributed by atoms with Crippen molar-refractivity contribution in [2.24, 2.45) is 0 Å². The second-order valence-electron chi connectivity index (χ2n) is 3.96. The van der Waals surface area contributed by atoms with Gasteiger partial charge in [-0.2, -0.15) is 0 Å². The predicted molar refractivity (Wildman–Crippen MR) is 76.8 cm³/mol. The Bertz CT molecular complexity index is 465. The Hall–Kier alpha value is -0.830. The molecule has 0 saturated heterocycles. The molecule has 0 aliphatic heterocycles. The van der Waals surface area contributed by atoms with Crippen LogP contribution in [0.3, 0.4) is 0 Å². The molecule has 0 radical (unpaired) electrons. The molecule has 0 aliphatic carbocycles. The average molecular weight is 266 g/mol. The van der Waals surface area contributed by atoms with E-state index in [2.05, 4.69) is 48.0 Å². The zero-order chi connectivity index (χ0) is 12.1. The van der Waals surface area contributed by atoms with Crippen molar-refractivity contribution in [3.63, 3.8) is 0 Å². The van der Waals surface area contributed by atoms with Gasteiger partial charge in [-0.1, -0.05) is 36.7 Å². The van der Waals surface area contributed by atoms with E-state index in [9.17, 15) is 0 Å². The van der Waals surface area contributed by atoms with Gasteiger partial charge in [0.1, 0.15) is 0 Å². The summed E-state index contributed by atoms with van der Waals surface area (Å²) in [5, 5.41) is 6.29. The summed E-state index contributed by atoms with van der Waals surface area (Å²) in [5.41, 5.74) is 2.37. The summed E-state index contributed by atoms with van der Waals surface area (Å²) in [7, 11) is 0. The second-order valence-corrected chi connectivity index (χ2v) is 5.32. The number of benzene rings is 1. The monoisotopic (exact) mass is 265 g/mol. The molecule has 0 bridgehead atoms. The number of rotatable bonds is 5. The lowest BCUT2D eigenvalue weighted by atomic mass is 10.1. The molecular formula is C14H16ClNS. The fourth-order valence-electron chi connectivity index (χ4n) is 1.69. The molecule has 0 fully saturated rings. The summed E-state index contributed by atoms with van der Waals surface area (Å²) in [6, 6.07) is 10.5. The van der Waals surface area contributed by atoms with Crippen LogP contribution in [0.25, 0.3) is 10.4 Å². The Morgan fingerprint density at radius 2 is 2.18 bits per heavy atom. The van der Waals surface area contributed by atoms with Crippen LogP contribution in [0, 0.1) is 0 Å². The lowest BCUT2D eigenvalue weighted by Crippen LogP contribution is -2.13. The smallest absolute Gasteiger partial charge is 0.0457 e. The molecule has 2 rings (SSSR count). The Morgan fingerprint density at radius 3 is 2.82 bits per heavy atom. The molecule has 2 aromatic rings. The third kappa shape index (κ3) is 3.32. The molecule has 17 heavy (non-hydrogen) atoms. The third-order valence-electron chi connectivity index (χ3n) is 2.60. The summed E-state index contributed by atoms with van der Waals surface area (Å²) >= 11 is 8.03. The van der Waals surface area contributed by atoms with E-state index in [0.29, 0.717) is 0 Å². The van der Waals surface area contributed by atoms with Crippen LogP contribution in [0.15, 0.2) is 35.7 Å². The van der Waals surface area contributed by atoms with Gasteiger partial charge >= 0.3 is 0 Å². The molecule has 0 spiro atoms. The third-order valence-corrected chi connectivity index (χ3v) is 3.87. The van der Waals surface area contributed by atoms with Crippen molar-refractivity contribution in [2.45, 2.75) is 19.9 Å². The van der Waals surface area contributed by atoms with Gasteiger partial charge < -0.3 is 5.32 Å². The van der Waals surface area contributed by atoms with E-state index < -0.39 is 0 Å². The molecule has 3 heteroatoms. The van der Waals surface area contributed by atoms with E-state index in [1.165, 1.54) is 16.0 Å². The van der Waals surface area contributed by atoms with Crippen LogP contribution in [-0.2, 0) is 6.54 Å². The minimum atomic E-state index is 0.845. The molecule has 0 atom stereocenters. The largest absolute Gasteiger partial charge is 0.313 e. The number of nitrogens with one attached hydrogen (secondary N) is 1. The van der Waals surface area contributed by atoms with Crippen LogP contribution in [0.4, 0.5) is 0 Å². The lowest BCUT2D eigenvalue weighted by Gasteiger charge is -2.07. The SMILES string of the molecule is CCCNCc1ccc(-c2cccs2)cc1Cl. The highest BCUT2D eigenvalue weighted by Crippen LogP contribution is 2.28. The zero-order valence-electron chi connectivity index (χ0n) is 9.87. The topological polar surface area (TPSA) is 12.0 Å². The van der Waals surface area contributed by atoms with Crippen molar-refractivity contribution < 1.29 is 0 Å². The standard InChI is InChI=1S/C14H16ClNS/c1-2-7-16-10-12-6-5-11(9-13(12)15)14-4-3-8-17-14/h3-6,8-9,16H,2,7,10H2,1H3. The molecule has 0 amide bonds. The van der Waals surface area contributed by atoms with E-state index in [4.69, 9.17) is 11.6 Å². The Balaban J connectivity index is 2.12. The normalized spacial score (nSPS) is 10.7. The number of halogens is 1. The van der Waals surface area contributed by atoms with Crippen LogP contribution in [0.1, 0.15) is 18.9 Å². The van der Waals surface area contributed by atoms with Crippen LogP contribution in [0.5, 0.6) is 0 Å². The molecule has 1 nitrogen and oxygen atoms in total. The molecule has 1 aromatic carbocycles. The fraction of sp³-hybridized carbons (Fsp3) is 0.286. The lowest BCUT2D eigenvalue weighted by molar-refractivity contribution is 0.675. The van der Waals surface area contributed by atoms with Gasteiger partial charge in [0.25, 0.3) is 0 Å². The van der Waals surface area contributed by atoms with Gasteiger partial charge in [0.05, 0.1) is 0 Å². The number of hydrogen-bond donors (Lipinski definition) is 1. The minimum Gasteiger partial charge on any atom is -0.313 e. The summed E-state index contributed by atoms with van der Waals surface area (Å²) < 4.78 is 0. The summed E-state index contributed by atoms with van der Waals surface area (Å²) in [5.74, 6) is 0. The van der Waals surface area contributed by atoms with Crippen molar-refractivity contribution in [1.29, 1.82) is 0 Å². The number of thiophene rings is 1. The second kappa shape index (κ2) is 6.20. The van der Waals surface area contributed by atoms with Crippen LogP contribution < -0.4 is 5.32 Å². The van der Waals surface area contributed by atoms with Crippen LogP contribution >= 0.6 is 22.9 Å². The Morgan fingerprint density at radius 1 is 1.29 bits per heavy atom. The molecule has 90 valence electrons. The average Bonchev–Trinajstić information content (AvgIpc) is 2.85. The van der Waals surface area contributed by atoms with Gasteiger partial charge in [-0.15, -0.1) is 11.3 Å². The van der Waals surface area contributed by atoms with Gasteiger partial charge in [-0.05, 0) is 41.6 Å². The first-order valence-corrected chi connectivity index (χ1v) is 7.10. The van der Waals surface area contributed by atoms with Gasteiger partial charge in [0.2, 0.25) is 0 Å². The first-order chi connectivity index (χ1) is 8.31. The van der Waals surface area contributed by atoms with Crippen molar-refractivity contribution in [3.05, 3.63) is 46.3 Å². The van der Waals surface area contributed by atoms with E-state index in [1.807, 2.05) is 0 Å². The van der Waals surface area contributed by atoms with Crippen molar-refractivity contribution in [1.82, 2.24) is 5.32 Å². The Labute approximate surface area is 111 Å². The maximum absolute atomic E-state index is 6.29. The highest BCUT2D eigenvalue weighted by molar-refractivity contribution is 7.13. The highest BCUT2D eigenvalue weighted by atomic mass is 35.5. The molecule has 0 aliphatic rings. The van der Waals surface area contributed by atoms with E-state index in [-0.39, 0.29) is 0 Å². The van der Waals surface area contributed by atoms with Gasteiger partial charge in [0.15, 0.2) is 0 Å². The van der Waals surface area contributed by atoms with Crippen LogP contribution in [0.2, 0.25) is 5.02 Å². The zero-order valence-corrected chi connectivity index (χ0v) is 11.4. The highest BCUT2D eigenvalue weighted by Gasteiger charge is 2.04. The van der Waals surface area contributed by atoms with E-state index >= 15 is 0 Å². The van der Waals surface area contributed by atoms with Gasteiger partial charge in [0, 0.05) is 16.4 Å². The van der Waals surface area contributed by atoms with Crippen molar-refractivity contribution in [3.8, 4) is 10.4 Å². The van der Waals surface area contributed by atoms with E-state index in [0.717, 1.165) is 24.5 Å². The first-order valence-electron chi connectivity index (χ1n) is 5.84. The van der Waals surface area contributed by atoms with E-state index in [1.54, 1.807) is 11.3 Å². The molecule has 1 aromatic heterocycles. The predicted octanol–water partition coefficient (Wildman–Crippen LogP) is 4.57.